The second kappa shape index (κ2) is 8.72. The third kappa shape index (κ3) is 4.90. The highest BCUT2D eigenvalue weighted by atomic mass is 19.3. The van der Waals surface area contributed by atoms with Gasteiger partial charge in [-0.1, -0.05) is 30.3 Å². The van der Waals surface area contributed by atoms with Crippen molar-refractivity contribution >= 4 is 11.6 Å². The molecule has 1 aromatic heterocycles. The third-order valence-electron chi connectivity index (χ3n) is 4.36. The molecule has 152 valence electrons. The molecule has 0 radical (unpaired) electrons. The lowest BCUT2D eigenvalue weighted by Gasteiger charge is -2.18. The summed E-state index contributed by atoms with van der Waals surface area (Å²) in [5, 5.41) is 3.13. The van der Waals surface area contributed by atoms with Gasteiger partial charge >= 0.3 is 12.2 Å². The molecule has 0 saturated heterocycles. The lowest BCUT2D eigenvalue weighted by Crippen LogP contribution is -2.19. The Morgan fingerprint density at radius 1 is 1.10 bits per heavy atom. The standard InChI is InChI=1S/C21H21F2N3O3/c1-13-10-17(29-20(22)23)14(2)9-16(13)24-21-25-19(27)18(28-3)12-26(21)11-15-7-5-4-6-8-15/h4-10,12,20H,11H2,1-3H3,(H,24,25,27). The predicted octanol–water partition coefficient (Wildman–Crippen LogP) is 4.26. The number of anilines is 2. The Bertz CT molecular complexity index is 1050. The number of nitrogens with one attached hydrogen (secondary N) is 1. The van der Waals surface area contributed by atoms with Crippen LogP contribution >= 0.6 is 0 Å². The van der Waals surface area contributed by atoms with Gasteiger partial charge in [-0.15, -0.1) is 0 Å². The number of rotatable bonds is 7. The van der Waals surface area contributed by atoms with Crippen molar-refractivity contribution in [3.8, 4) is 11.5 Å². The maximum Gasteiger partial charge on any atom is 0.387 e. The fourth-order valence-electron chi connectivity index (χ4n) is 2.88. The molecule has 0 spiro atoms. The van der Waals surface area contributed by atoms with Crippen LogP contribution in [0.15, 0.2) is 53.5 Å². The summed E-state index contributed by atoms with van der Waals surface area (Å²) in [7, 11) is 1.41. The molecule has 6 nitrogen and oxygen atoms in total. The molecule has 0 amide bonds. The average Bonchev–Trinajstić information content (AvgIpc) is 2.68. The van der Waals surface area contributed by atoms with Gasteiger partial charge in [0.15, 0.2) is 0 Å². The highest BCUT2D eigenvalue weighted by molar-refractivity contribution is 5.62. The number of aromatic nitrogens is 2. The Hall–Kier alpha value is -3.42. The molecule has 0 aliphatic carbocycles. The number of methoxy groups -OCH3 is 1. The van der Waals surface area contributed by atoms with Gasteiger partial charge in [-0.25, -0.2) is 0 Å². The molecule has 2 aromatic carbocycles. The van der Waals surface area contributed by atoms with Crippen LogP contribution in [-0.2, 0) is 6.54 Å². The molecule has 3 rings (SSSR count). The molecule has 1 heterocycles. The number of halogens is 2. The Balaban J connectivity index is 1.99. The van der Waals surface area contributed by atoms with Crippen LogP contribution in [0, 0.1) is 13.8 Å². The summed E-state index contributed by atoms with van der Waals surface area (Å²) >= 11 is 0. The van der Waals surface area contributed by atoms with Crippen LogP contribution in [0.25, 0.3) is 0 Å². The highest BCUT2D eigenvalue weighted by Gasteiger charge is 2.14. The summed E-state index contributed by atoms with van der Waals surface area (Å²) in [4.78, 5) is 16.3. The highest BCUT2D eigenvalue weighted by Crippen LogP contribution is 2.29. The summed E-state index contributed by atoms with van der Waals surface area (Å²) < 4.78 is 36.5. The lowest BCUT2D eigenvalue weighted by molar-refractivity contribution is -0.0503. The number of alkyl halides is 2. The van der Waals surface area contributed by atoms with Gasteiger partial charge < -0.3 is 19.4 Å². The molecule has 0 bridgehead atoms. The van der Waals surface area contributed by atoms with Crippen molar-refractivity contribution in [1.82, 2.24) is 9.55 Å². The Morgan fingerprint density at radius 3 is 2.48 bits per heavy atom. The molecule has 0 fully saturated rings. The number of nitrogens with zero attached hydrogens (tertiary/aromatic N) is 2. The van der Waals surface area contributed by atoms with Crippen molar-refractivity contribution in [3.05, 3.63) is 75.7 Å². The van der Waals surface area contributed by atoms with Crippen LogP contribution in [0.4, 0.5) is 20.4 Å². The molecule has 0 aliphatic rings. The molecule has 0 atom stereocenters. The van der Waals surface area contributed by atoms with E-state index in [1.54, 1.807) is 30.7 Å². The number of aryl methyl sites for hydroxylation is 2. The number of hydrogen-bond acceptors (Lipinski definition) is 5. The quantitative estimate of drug-likeness (QED) is 0.641. The van der Waals surface area contributed by atoms with Crippen molar-refractivity contribution in [2.24, 2.45) is 0 Å². The van der Waals surface area contributed by atoms with Gasteiger partial charge in [0, 0.05) is 5.69 Å². The van der Waals surface area contributed by atoms with Crippen LogP contribution in [0.5, 0.6) is 11.5 Å². The molecule has 8 heteroatoms. The van der Waals surface area contributed by atoms with Crippen LogP contribution < -0.4 is 20.3 Å². The van der Waals surface area contributed by atoms with Gasteiger partial charge in [0.25, 0.3) is 0 Å². The van der Waals surface area contributed by atoms with Crippen LogP contribution in [0.1, 0.15) is 16.7 Å². The first-order valence-corrected chi connectivity index (χ1v) is 8.90. The summed E-state index contributed by atoms with van der Waals surface area (Å²) in [6.07, 6.45) is 1.58. The fraction of sp³-hybridized carbons (Fsp3) is 0.238. The summed E-state index contributed by atoms with van der Waals surface area (Å²) in [5.41, 5.74) is 2.33. The van der Waals surface area contributed by atoms with Gasteiger partial charge in [0.2, 0.25) is 11.7 Å². The van der Waals surface area contributed by atoms with E-state index in [1.807, 2.05) is 30.3 Å². The van der Waals surface area contributed by atoms with Gasteiger partial charge in [0.1, 0.15) is 5.75 Å². The first-order chi connectivity index (χ1) is 13.9. The van der Waals surface area contributed by atoms with E-state index in [0.29, 0.717) is 29.3 Å². The van der Waals surface area contributed by atoms with E-state index in [4.69, 9.17) is 4.74 Å². The van der Waals surface area contributed by atoms with Gasteiger partial charge in [-0.05, 0) is 42.7 Å². The van der Waals surface area contributed by atoms with Gasteiger partial charge in [0.05, 0.1) is 19.9 Å². The van der Waals surface area contributed by atoms with E-state index in [1.165, 1.54) is 13.2 Å². The minimum atomic E-state index is -2.90. The molecular formula is C21H21F2N3O3. The Kier molecular flexibility index (Phi) is 6.11. The maximum absolute atomic E-state index is 12.6. The topological polar surface area (TPSA) is 65.4 Å². The normalized spacial score (nSPS) is 10.8. The SMILES string of the molecule is COc1cn(Cc2ccccc2)c(Nc2cc(C)c(OC(F)F)cc2C)nc1=O. The molecule has 29 heavy (non-hydrogen) atoms. The largest absolute Gasteiger partial charge is 0.490 e. The van der Waals surface area contributed by atoms with Crippen LogP contribution in [0.3, 0.4) is 0 Å². The molecular weight excluding hydrogens is 380 g/mol. The summed E-state index contributed by atoms with van der Waals surface area (Å²) in [5.74, 6) is 0.539. The average molecular weight is 401 g/mol. The monoisotopic (exact) mass is 401 g/mol. The predicted molar refractivity (Wildman–Crippen MR) is 106 cm³/mol. The molecule has 0 saturated carbocycles. The minimum absolute atomic E-state index is 0.104. The summed E-state index contributed by atoms with van der Waals surface area (Å²) in [6, 6.07) is 12.9. The maximum atomic E-state index is 12.6. The van der Waals surface area contributed by atoms with E-state index in [2.05, 4.69) is 15.0 Å². The van der Waals surface area contributed by atoms with Crippen molar-refractivity contribution < 1.29 is 18.3 Å². The summed E-state index contributed by atoms with van der Waals surface area (Å²) in [6.45, 7) is 0.979. The van der Waals surface area contributed by atoms with E-state index in [0.717, 1.165) is 5.56 Å². The van der Waals surface area contributed by atoms with Crippen LogP contribution in [0.2, 0.25) is 0 Å². The number of hydrogen-bond donors (Lipinski definition) is 1. The van der Waals surface area contributed by atoms with E-state index in [-0.39, 0.29) is 11.5 Å². The van der Waals surface area contributed by atoms with E-state index < -0.39 is 12.2 Å². The zero-order valence-electron chi connectivity index (χ0n) is 16.3. The van der Waals surface area contributed by atoms with E-state index >= 15 is 0 Å². The number of benzene rings is 2. The van der Waals surface area contributed by atoms with Crippen molar-refractivity contribution in [3.63, 3.8) is 0 Å². The first kappa shape index (κ1) is 20.3. The van der Waals surface area contributed by atoms with Crippen molar-refractivity contribution in [1.29, 1.82) is 0 Å². The van der Waals surface area contributed by atoms with Gasteiger partial charge in [-0.2, -0.15) is 13.8 Å². The zero-order valence-corrected chi connectivity index (χ0v) is 16.3. The zero-order chi connectivity index (χ0) is 21.0. The third-order valence-corrected chi connectivity index (χ3v) is 4.36. The Labute approximate surface area is 166 Å². The van der Waals surface area contributed by atoms with Crippen molar-refractivity contribution in [2.75, 3.05) is 12.4 Å². The fourth-order valence-corrected chi connectivity index (χ4v) is 2.88. The van der Waals surface area contributed by atoms with Crippen molar-refractivity contribution in [2.45, 2.75) is 27.0 Å². The first-order valence-electron chi connectivity index (χ1n) is 8.90. The molecule has 0 unspecified atom stereocenters. The Morgan fingerprint density at radius 2 is 1.83 bits per heavy atom. The molecule has 0 aliphatic heterocycles. The number of ether oxygens (including phenoxy) is 2. The van der Waals surface area contributed by atoms with Gasteiger partial charge in [-0.3, -0.25) is 4.79 Å². The second-order valence-electron chi connectivity index (χ2n) is 6.49. The lowest BCUT2D eigenvalue weighted by atomic mass is 10.1. The molecule has 1 N–H and O–H groups in total. The second-order valence-corrected chi connectivity index (χ2v) is 6.49. The van der Waals surface area contributed by atoms with Crippen LogP contribution in [-0.4, -0.2) is 23.3 Å². The van der Waals surface area contributed by atoms with E-state index in [9.17, 15) is 13.6 Å². The smallest absolute Gasteiger partial charge is 0.387 e. The minimum Gasteiger partial charge on any atom is -0.490 e. The molecule has 3 aromatic rings.